The van der Waals surface area contributed by atoms with Crippen LogP contribution in [0.1, 0.15) is 21.6 Å². The normalized spacial score (nSPS) is 12.2. The van der Waals surface area contributed by atoms with Gasteiger partial charge in [-0.05, 0) is 30.3 Å². The number of rotatable bonds is 2. The molecule has 0 aliphatic carbocycles. The molecular formula is C14H8F6N2O2. The average molecular weight is 350 g/mol. The van der Waals surface area contributed by atoms with Gasteiger partial charge in [-0.3, -0.25) is 0 Å². The zero-order valence-electron chi connectivity index (χ0n) is 11.5. The number of aromatic carboxylic acids is 1. The zero-order chi connectivity index (χ0) is 18.3. The van der Waals surface area contributed by atoms with Crippen LogP contribution in [0.25, 0.3) is 11.3 Å². The molecule has 0 atom stereocenters. The Morgan fingerprint density at radius 3 is 1.88 bits per heavy atom. The molecule has 3 N–H and O–H groups in total. The molecule has 2 aromatic rings. The summed E-state index contributed by atoms with van der Waals surface area (Å²) in [6.45, 7) is 0. The lowest BCUT2D eigenvalue weighted by molar-refractivity contribution is -0.143. The molecule has 0 saturated heterocycles. The maximum Gasteiger partial charge on any atom is 0.416 e. The minimum atomic E-state index is -5.01. The summed E-state index contributed by atoms with van der Waals surface area (Å²) >= 11 is 0. The van der Waals surface area contributed by atoms with E-state index in [9.17, 15) is 31.1 Å². The van der Waals surface area contributed by atoms with Crippen molar-refractivity contribution in [2.75, 3.05) is 5.73 Å². The molecule has 24 heavy (non-hydrogen) atoms. The van der Waals surface area contributed by atoms with Gasteiger partial charge in [0.15, 0.2) is 5.69 Å². The van der Waals surface area contributed by atoms with Gasteiger partial charge in [-0.2, -0.15) is 26.3 Å². The van der Waals surface area contributed by atoms with E-state index < -0.39 is 40.7 Å². The molecule has 0 radical (unpaired) electrons. The molecule has 0 unspecified atom stereocenters. The van der Waals surface area contributed by atoms with Crippen molar-refractivity contribution in [3.63, 3.8) is 0 Å². The first-order valence-electron chi connectivity index (χ1n) is 6.19. The lowest BCUT2D eigenvalue weighted by Gasteiger charge is -2.14. The Balaban J connectivity index is 2.70. The van der Waals surface area contributed by atoms with Crippen LogP contribution in [0.2, 0.25) is 0 Å². The number of nitrogens with zero attached hydrogens (tertiary/aromatic N) is 1. The number of carboxylic acid groups (broad SMARTS) is 1. The summed E-state index contributed by atoms with van der Waals surface area (Å²) < 4.78 is 76.9. The summed E-state index contributed by atoms with van der Waals surface area (Å²) in [7, 11) is 0. The van der Waals surface area contributed by atoms with E-state index >= 15 is 0 Å². The van der Waals surface area contributed by atoms with Crippen molar-refractivity contribution in [1.82, 2.24) is 4.98 Å². The quantitative estimate of drug-likeness (QED) is 0.801. The van der Waals surface area contributed by atoms with Gasteiger partial charge in [0.1, 0.15) is 0 Å². The number of benzene rings is 1. The Morgan fingerprint density at radius 1 is 0.958 bits per heavy atom. The van der Waals surface area contributed by atoms with E-state index in [1.54, 1.807) is 0 Å². The predicted molar refractivity (Wildman–Crippen MR) is 71.0 cm³/mol. The number of anilines is 1. The Morgan fingerprint density at radius 2 is 1.46 bits per heavy atom. The highest BCUT2D eigenvalue weighted by Crippen LogP contribution is 2.38. The molecule has 0 bridgehead atoms. The standard InChI is InChI=1S/C14H8F6N2O2/c15-13(16,17)7-3-6(4-8(5-7)14(18,19)20)10-2-1-9(21)11(22-10)12(23)24/h1-5H,21H2,(H,23,24). The highest BCUT2D eigenvalue weighted by molar-refractivity contribution is 5.92. The Bertz CT molecular complexity index is 767. The van der Waals surface area contributed by atoms with Crippen LogP contribution in [0, 0.1) is 0 Å². The topological polar surface area (TPSA) is 76.2 Å². The van der Waals surface area contributed by atoms with Gasteiger partial charge in [-0.1, -0.05) is 0 Å². The van der Waals surface area contributed by atoms with E-state index in [4.69, 9.17) is 10.8 Å². The second kappa shape index (κ2) is 5.69. The summed E-state index contributed by atoms with van der Waals surface area (Å²) in [5.74, 6) is -1.56. The predicted octanol–water partition coefficient (Wildman–Crippen LogP) is 4.07. The molecule has 1 aromatic carbocycles. The largest absolute Gasteiger partial charge is 0.476 e. The minimum absolute atomic E-state index is 0.0289. The number of hydrogen-bond donors (Lipinski definition) is 2. The van der Waals surface area contributed by atoms with Crippen molar-refractivity contribution in [2.45, 2.75) is 12.4 Å². The van der Waals surface area contributed by atoms with E-state index in [1.165, 1.54) is 0 Å². The highest BCUT2D eigenvalue weighted by atomic mass is 19.4. The van der Waals surface area contributed by atoms with Gasteiger partial charge in [0.2, 0.25) is 0 Å². The summed E-state index contributed by atoms with van der Waals surface area (Å²) in [5.41, 5.74) is 0.471. The van der Waals surface area contributed by atoms with Gasteiger partial charge < -0.3 is 10.8 Å². The third kappa shape index (κ3) is 3.58. The average Bonchev–Trinajstić information content (AvgIpc) is 2.45. The first kappa shape index (κ1) is 17.6. The fraction of sp³-hybridized carbons (Fsp3) is 0.143. The van der Waals surface area contributed by atoms with Gasteiger partial charge in [0.25, 0.3) is 0 Å². The molecular weight excluding hydrogens is 342 g/mol. The van der Waals surface area contributed by atoms with Gasteiger partial charge in [0.05, 0.1) is 22.5 Å². The van der Waals surface area contributed by atoms with Crippen molar-refractivity contribution in [2.24, 2.45) is 0 Å². The first-order valence-corrected chi connectivity index (χ1v) is 6.19. The lowest BCUT2D eigenvalue weighted by atomic mass is 10.0. The van der Waals surface area contributed by atoms with Crippen LogP contribution >= 0.6 is 0 Å². The summed E-state index contributed by atoms with van der Waals surface area (Å²) in [4.78, 5) is 14.5. The number of pyridine rings is 1. The molecule has 0 aliphatic heterocycles. The van der Waals surface area contributed by atoms with Crippen molar-refractivity contribution in [1.29, 1.82) is 0 Å². The van der Waals surface area contributed by atoms with Gasteiger partial charge in [0, 0.05) is 5.56 Å². The molecule has 1 aromatic heterocycles. The number of nitrogens with two attached hydrogens (primary N) is 1. The molecule has 4 nitrogen and oxygen atoms in total. The van der Waals surface area contributed by atoms with Crippen molar-refractivity contribution < 1.29 is 36.2 Å². The van der Waals surface area contributed by atoms with Crippen molar-refractivity contribution in [3.05, 3.63) is 47.2 Å². The fourth-order valence-electron chi connectivity index (χ4n) is 1.90. The molecule has 10 heteroatoms. The van der Waals surface area contributed by atoms with Crippen molar-refractivity contribution in [3.8, 4) is 11.3 Å². The number of carbonyl (C=O) groups is 1. The highest BCUT2D eigenvalue weighted by Gasteiger charge is 2.37. The maximum atomic E-state index is 12.8. The third-order valence-corrected chi connectivity index (χ3v) is 3.01. The van der Waals surface area contributed by atoms with Crippen LogP contribution in [0.4, 0.5) is 32.0 Å². The second-order valence-corrected chi connectivity index (χ2v) is 4.73. The number of carboxylic acids is 1. The van der Waals surface area contributed by atoms with Gasteiger partial charge >= 0.3 is 18.3 Å². The molecule has 0 amide bonds. The van der Waals surface area contributed by atoms with Crippen LogP contribution in [0.5, 0.6) is 0 Å². The zero-order valence-corrected chi connectivity index (χ0v) is 11.5. The molecule has 0 spiro atoms. The van der Waals surface area contributed by atoms with E-state index in [-0.39, 0.29) is 17.4 Å². The van der Waals surface area contributed by atoms with Crippen LogP contribution in [0.3, 0.4) is 0 Å². The summed E-state index contributed by atoms with van der Waals surface area (Å²) in [6.07, 6.45) is -10.0. The number of hydrogen-bond acceptors (Lipinski definition) is 3. The molecule has 0 saturated carbocycles. The fourth-order valence-corrected chi connectivity index (χ4v) is 1.90. The number of aromatic nitrogens is 1. The number of halogens is 6. The van der Waals surface area contributed by atoms with E-state index in [0.717, 1.165) is 12.1 Å². The van der Waals surface area contributed by atoms with E-state index in [0.29, 0.717) is 12.1 Å². The Hall–Kier alpha value is -2.78. The number of nitrogen functional groups attached to an aromatic ring is 1. The number of alkyl halides is 6. The lowest BCUT2D eigenvalue weighted by Crippen LogP contribution is -2.11. The third-order valence-electron chi connectivity index (χ3n) is 3.01. The van der Waals surface area contributed by atoms with E-state index in [2.05, 4.69) is 4.98 Å². The first-order chi connectivity index (χ1) is 10.9. The van der Waals surface area contributed by atoms with Crippen LogP contribution < -0.4 is 5.73 Å². The maximum absolute atomic E-state index is 12.8. The molecule has 0 aliphatic rings. The van der Waals surface area contributed by atoms with Crippen LogP contribution in [-0.2, 0) is 12.4 Å². The minimum Gasteiger partial charge on any atom is -0.476 e. The summed E-state index contributed by atoms with van der Waals surface area (Å²) in [5, 5.41) is 8.90. The molecule has 0 fully saturated rings. The smallest absolute Gasteiger partial charge is 0.416 e. The van der Waals surface area contributed by atoms with E-state index in [1.807, 2.05) is 0 Å². The monoisotopic (exact) mass is 350 g/mol. The van der Waals surface area contributed by atoms with Gasteiger partial charge in [-0.25, -0.2) is 9.78 Å². The second-order valence-electron chi connectivity index (χ2n) is 4.73. The molecule has 2 rings (SSSR count). The summed E-state index contributed by atoms with van der Waals surface area (Å²) in [6, 6.07) is 2.97. The molecule has 1 heterocycles. The van der Waals surface area contributed by atoms with Gasteiger partial charge in [-0.15, -0.1) is 0 Å². The molecule has 128 valence electrons. The van der Waals surface area contributed by atoms with Crippen LogP contribution in [-0.4, -0.2) is 16.1 Å². The Labute approximate surface area is 130 Å². The van der Waals surface area contributed by atoms with Crippen molar-refractivity contribution >= 4 is 11.7 Å². The SMILES string of the molecule is Nc1ccc(-c2cc(C(F)(F)F)cc(C(F)(F)F)c2)nc1C(=O)O. The van der Waals surface area contributed by atoms with Crippen LogP contribution in [0.15, 0.2) is 30.3 Å². The Kier molecular flexibility index (Phi) is 4.17.